The lowest BCUT2D eigenvalue weighted by molar-refractivity contribution is 0.0772. The van der Waals surface area contributed by atoms with E-state index in [9.17, 15) is 4.79 Å². The second-order valence-corrected chi connectivity index (χ2v) is 4.90. The number of carbonyl (C=O) groups is 1. The summed E-state index contributed by atoms with van der Waals surface area (Å²) in [6.07, 6.45) is 5.70. The van der Waals surface area contributed by atoms with Crippen LogP contribution in [-0.4, -0.2) is 42.0 Å². The predicted molar refractivity (Wildman–Crippen MR) is 84.3 cm³/mol. The number of hydrogen-bond donors (Lipinski definition) is 0. The first kappa shape index (κ1) is 16.5. The van der Waals surface area contributed by atoms with E-state index in [4.69, 9.17) is 0 Å². The fourth-order valence-electron chi connectivity index (χ4n) is 2.32. The molecule has 0 unspecified atom stereocenters. The van der Waals surface area contributed by atoms with E-state index >= 15 is 0 Å². The van der Waals surface area contributed by atoms with Gasteiger partial charge >= 0.3 is 0 Å². The first-order valence-corrected chi connectivity index (χ1v) is 7.67. The summed E-state index contributed by atoms with van der Waals surface area (Å²) in [6, 6.07) is 1.97. The van der Waals surface area contributed by atoms with Crippen LogP contribution in [0.25, 0.3) is 0 Å². The molecule has 0 saturated heterocycles. The molecule has 0 saturated carbocycles. The molecule has 4 nitrogen and oxygen atoms in total. The average Bonchev–Trinajstić information content (AvgIpc) is 2.48. The fraction of sp³-hybridized carbons (Fsp3) is 0.625. The summed E-state index contributed by atoms with van der Waals surface area (Å²) in [5, 5.41) is 0. The van der Waals surface area contributed by atoms with Crippen molar-refractivity contribution in [3.8, 4) is 0 Å². The molecular weight excluding hydrogens is 250 g/mol. The van der Waals surface area contributed by atoms with Crippen LogP contribution in [0, 0.1) is 0 Å². The summed E-state index contributed by atoms with van der Waals surface area (Å²) in [4.78, 5) is 20.7. The number of pyridine rings is 1. The van der Waals surface area contributed by atoms with Gasteiger partial charge in [0.15, 0.2) is 0 Å². The Labute approximate surface area is 122 Å². The summed E-state index contributed by atoms with van der Waals surface area (Å²) in [7, 11) is 0. The predicted octanol–water partition coefficient (Wildman–Crippen LogP) is 3.19. The lowest BCUT2D eigenvalue weighted by atomic mass is 10.2. The number of carbonyl (C=O) groups excluding carboxylic acids is 1. The highest BCUT2D eigenvalue weighted by Crippen LogP contribution is 2.16. The first-order valence-electron chi connectivity index (χ1n) is 7.67. The van der Waals surface area contributed by atoms with Crippen molar-refractivity contribution in [3.63, 3.8) is 0 Å². The summed E-state index contributed by atoms with van der Waals surface area (Å²) in [5.41, 5.74) is 1.73. The van der Waals surface area contributed by atoms with Crippen LogP contribution in [0.15, 0.2) is 18.5 Å². The van der Waals surface area contributed by atoms with Crippen LogP contribution in [0.3, 0.4) is 0 Å². The van der Waals surface area contributed by atoms with Crippen molar-refractivity contribution in [2.24, 2.45) is 0 Å². The molecule has 20 heavy (non-hydrogen) atoms. The van der Waals surface area contributed by atoms with Crippen LogP contribution in [-0.2, 0) is 0 Å². The molecule has 1 rings (SSSR count). The number of amides is 1. The van der Waals surface area contributed by atoms with Gasteiger partial charge in [-0.25, -0.2) is 0 Å². The Hall–Kier alpha value is -1.58. The lowest BCUT2D eigenvalue weighted by Gasteiger charge is -2.24. The number of rotatable bonds is 8. The van der Waals surface area contributed by atoms with Crippen LogP contribution >= 0.6 is 0 Å². The number of nitrogens with zero attached hydrogens (tertiary/aromatic N) is 3. The molecule has 4 heteroatoms. The van der Waals surface area contributed by atoms with Crippen molar-refractivity contribution < 1.29 is 4.79 Å². The summed E-state index contributed by atoms with van der Waals surface area (Å²) >= 11 is 0. The number of anilines is 1. The largest absolute Gasteiger partial charge is 0.370 e. The van der Waals surface area contributed by atoms with E-state index in [-0.39, 0.29) is 5.91 Å². The molecule has 1 heterocycles. The van der Waals surface area contributed by atoms with E-state index in [1.165, 1.54) is 0 Å². The molecule has 0 spiro atoms. The first-order chi connectivity index (χ1) is 9.67. The van der Waals surface area contributed by atoms with Crippen molar-refractivity contribution in [2.45, 2.75) is 40.5 Å². The van der Waals surface area contributed by atoms with Gasteiger partial charge < -0.3 is 9.80 Å². The van der Waals surface area contributed by atoms with Gasteiger partial charge in [0, 0.05) is 32.4 Å². The Morgan fingerprint density at radius 1 is 1.05 bits per heavy atom. The van der Waals surface area contributed by atoms with Crippen LogP contribution in [0.4, 0.5) is 5.69 Å². The Balaban J connectivity index is 2.96. The van der Waals surface area contributed by atoms with Gasteiger partial charge in [-0.2, -0.15) is 0 Å². The molecule has 1 aromatic rings. The molecule has 112 valence electrons. The maximum absolute atomic E-state index is 12.4. The van der Waals surface area contributed by atoms with Crippen LogP contribution < -0.4 is 4.90 Å². The van der Waals surface area contributed by atoms with Gasteiger partial charge in [0.1, 0.15) is 0 Å². The molecule has 0 atom stereocenters. The smallest absolute Gasteiger partial charge is 0.255 e. The van der Waals surface area contributed by atoms with Crippen LogP contribution in [0.5, 0.6) is 0 Å². The van der Waals surface area contributed by atoms with E-state index in [0.29, 0.717) is 5.56 Å². The fourth-order valence-corrected chi connectivity index (χ4v) is 2.32. The third-order valence-corrected chi connectivity index (χ3v) is 3.37. The Morgan fingerprint density at radius 2 is 1.65 bits per heavy atom. The van der Waals surface area contributed by atoms with Gasteiger partial charge in [-0.3, -0.25) is 9.78 Å². The quantitative estimate of drug-likeness (QED) is 0.732. The second-order valence-electron chi connectivity index (χ2n) is 4.90. The standard InChI is InChI=1S/C16H27N3O/c1-5-9-19(10-6-2)15-11-14(12-17-13-15)16(20)18(7-3)8-4/h11-13H,5-10H2,1-4H3. The highest BCUT2D eigenvalue weighted by molar-refractivity contribution is 5.94. The van der Waals surface area contributed by atoms with E-state index < -0.39 is 0 Å². The normalized spacial score (nSPS) is 10.4. The van der Waals surface area contributed by atoms with Crippen LogP contribution in [0.2, 0.25) is 0 Å². The molecule has 0 radical (unpaired) electrons. The zero-order valence-electron chi connectivity index (χ0n) is 13.2. The Morgan fingerprint density at radius 3 is 2.15 bits per heavy atom. The minimum absolute atomic E-state index is 0.0669. The molecule has 0 aliphatic heterocycles. The highest BCUT2D eigenvalue weighted by Gasteiger charge is 2.14. The molecule has 1 amide bonds. The molecule has 0 aromatic carbocycles. The van der Waals surface area contributed by atoms with Gasteiger partial charge in [0.2, 0.25) is 0 Å². The zero-order chi connectivity index (χ0) is 15.0. The van der Waals surface area contributed by atoms with Crippen molar-refractivity contribution in [3.05, 3.63) is 24.0 Å². The van der Waals surface area contributed by atoms with Crippen molar-refractivity contribution in [2.75, 3.05) is 31.1 Å². The topological polar surface area (TPSA) is 36.4 Å². The van der Waals surface area contributed by atoms with E-state index in [1.54, 1.807) is 6.20 Å². The molecule has 0 N–H and O–H groups in total. The SMILES string of the molecule is CCCN(CCC)c1cncc(C(=O)N(CC)CC)c1. The van der Waals surface area contributed by atoms with Crippen LogP contribution in [0.1, 0.15) is 50.9 Å². The summed E-state index contributed by atoms with van der Waals surface area (Å²) in [5.74, 6) is 0.0669. The van der Waals surface area contributed by atoms with Crippen molar-refractivity contribution in [1.29, 1.82) is 0 Å². The number of aromatic nitrogens is 1. The zero-order valence-corrected chi connectivity index (χ0v) is 13.2. The molecule has 0 aliphatic rings. The Kier molecular flexibility index (Phi) is 7.05. The molecule has 1 aromatic heterocycles. The molecule has 0 aliphatic carbocycles. The van der Waals surface area contributed by atoms with E-state index in [1.807, 2.05) is 31.0 Å². The minimum atomic E-state index is 0.0669. The lowest BCUT2D eigenvalue weighted by Crippen LogP contribution is -2.31. The van der Waals surface area contributed by atoms with Crippen molar-refractivity contribution in [1.82, 2.24) is 9.88 Å². The third-order valence-electron chi connectivity index (χ3n) is 3.37. The monoisotopic (exact) mass is 277 g/mol. The van der Waals surface area contributed by atoms with Gasteiger partial charge in [0.25, 0.3) is 5.91 Å². The summed E-state index contributed by atoms with van der Waals surface area (Å²) < 4.78 is 0. The molecule has 0 fully saturated rings. The average molecular weight is 277 g/mol. The molecular formula is C16H27N3O. The maximum Gasteiger partial charge on any atom is 0.255 e. The Bertz CT molecular complexity index is 410. The van der Waals surface area contributed by atoms with E-state index in [0.717, 1.165) is 44.7 Å². The highest BCUT2D eigenvalue weighted by atomic mass is 16.2. The number of hydrogen-bond acceptors (Lipinski definition) is 3. The van der Waals surface area contributed by atoms with Gasteiger partial charge in [-0.05, 0) is 32.8 Å². The summed E-state index contributed by atoms with van der Waals surface area (Å²) in [6.45, 7) is 11.8. The third kappa shape index (κ3) is 4.22. The van der Waals surface area contributed by atoms with Gasteiger partial charge in [-0.15, -0.1) is 0 Å². The minimum Gasteiger partial charge on any atom is -0.370 e. The van der Waals surface area contributed by atoms with Gasteiger partial charge in [0.05, 0.1) is 17.4 Å². The maximum atomic E-state index is 12.4. The van der Waals surface area contributed by atoms with E-state index in [2.05, 4.69) is 23.7 Å². The van der Waals surface area contributed by atoms with Gasteiger partial charge in [-0.1, -0.05) is 13.8 Å². The molecule has 0 bridgehead atoms. The van der Waals surface area contributed by atoms with Crippen molar-refractivity contribution >= 4 is 11.6 Å². The second kappa shape index (κ2) is 8.56.